The van der Waals surface area contributed by atoms with Crippen molar-refractivity contribution in [1.82, 2.24) is 14.5 Å². The number of ether oxygens (including phenoxy) is 1. The number of methoxy groups -OCH3 is 1. The Morgan fingerprint density at radius 2 is 2.33 bits per heavy atom. The summed E-state index contributed by atoms with van der Waals surface area (Å²) in [5.41, 5.74) is 2.23. The SMILES string of the molecule is COC1CC(n2c(=S)[nH]c3cnccc32)C1(C)C. The quantitative estimate of drug-likeness (QED) is 0.847. The lowest BCUT2D eigenvalue weighted by Gasteiger charge is -2.51. The Balaban J connectivity index is 2.11. The molecule has 0 aromatic carbocycles. The van der Waals surface area contributed by atoms with E-state index < -0.39 is 0 Å². The van der Waals surface area contributed by atoms with Crippen LogP contribution in [0.25, 0.3) is 11.0 Å². The maximum atomic E-state index is 5.51. The number of fused-ring (bicyclic) bond motifs is 1. The normalized spacial score (nSPS) is 26.2. The van der Waals surface area contributed by atoms with Gasteiger partial charge in [-0.25, -0.2) is 0 Å². The number of imidazole rings is 1. The van der Waals surface area contributed by atoms with Crippen LogP contribution in [0.4, 0.5) is 0 Å². The Bertz CT molecular complexity index is 643. The Morgan fingerprint density at radius 3 is 3.00 bits per heavy atom. The van der Waals surface area contributed by atoms with Crippen molar-refractivity contribution in [1.29, 1.82) is 0 Å². The van der Waals surface area contributed by atoms with Gasteiger partial charge in [-0.05, 0) is 24.7 Å². The molecule has 1 aliphatic rings. The first-order valence-corrected chi connectivity index (χ1v) is 6.53. The molecule has 2 atom stereocenters. The smallest absolute Gasteiger partial charge is 0.178 e. The van der Waals surface area contributed by atoms with Gasteiger partial charge in [-0.2, -0.15) is 0 Å². The molecular formula is C13H17N3OS. The summed E-state index contributed by atoms with van der Waals surface area (Å²) in [4.78, 5) is 7.34. The number of aromatic nitrogens is 3. The lowest BCUT2D eigenvalue weighted by atomic mass is 9.64. The van der Waals surface area contributed by atoms with Crippen molar-refractivity contribution in [3.8, 4) is 0 Å². The zero-order chi connectivity index (χ0) is 12.9. The maximum absolute atomic E-state index is 5.51. The van der Waals surface area contributed by atoms with E-state index in [2.05, 4.69) is 28.4 Å². The van der Waals surface area contributed by atoms with Crippen molar-refractivity contribution in [3.05, 3.63) is 23.2 Å². The molecule has 2 aromatic heterocycles. The zero-order valence-electron chi connectivity index (χ0n) is 10.8. The molecule has 0 amide bonds. The van der Waals surface area contributed by atoms with Crippen molar-refractivity contribution < 1.29 is 4.74 Å². The van der Waals surface area contributed by atoms with E-state index in [0.29, 0.717) is 12.1 Å². The molecule has 0 aliphatic heterocycles. The molecule has 0 spiro atoms. The molecule has 3 rings (SSSR count). The second-order valence-corrected chi connectivity index (χ2v) is 5.88. The first-order chi connectivity index (χ1) is 8.55. The van der Waals surface area contributed by atoms with Gasteiger partial charge in [0.05, 0.1) is 23.3 Å². The molecule has 2 unspecified atom stereocenters. The first-order valence-electron chi connectivity index (χ1n) is 6.12. The van der Waals surface area contributed by atoms with Gasteiger partial charge >= 0.3 is 0 Å². The van der Waals surface area contributed by atoms with Crippen LogP contribution < -0.4 is 0 Å². The number of H-pyrrole nitrogens is 1. The van der Waals surface area contributed by atoms with Gasteiger partial charge in [0.25, 0.3) is 0 Å². The van der Waals surface area contributed by atoms with E-state index in [9.17, 15) is 0 Å². The molecule has 0 bridgehead atoms. The van der Waals surface area contributed by atoms with Crippen LogP contribution in [0.5, 0.6) is 0 Å². The van der Waals surface area contributed by atoms with Crippen LogP contribution in [0, 0.1) is 10.2 Å². The maximum Gasteiger partial charge on any atom is 0.178 e. The monoisotopic (exact) mass is 263 g/mol. The molecular weight excluding hydrogens is 246 g/mol. The average molecular weight is 263 g/mol. The van der Waals surface area contributed by atoms with Gasteiger partial charge in [0.2, 0.25) is 0 Å². The minimum atomic E-state index is 0.103. The van der Waals surface area contributed by atoms with E-state index in [-0.39, 0.29) is 5.41 Å². The summed E-state index contributed by atoms with van der Waals surface area (Å²) in [6, 6.07) is 2.39. The lowest BCUT2D eigenvalue weighted by molar-refractivity contribution is -0.111. The number of nitrogens with zero attached hydrogens (tertiary/aromatic N) is 2. The summed E-state index contributed by atoms with van der Waals surface area (Å²) in [6.45, 7) is 4.47. The summed E-state index contributed by atoms with van der Waals surface area (Å²) in [5.74, 6) is 0. The molecule has 1 aliphatic carbocycles. The second kappa shape index (κ2) is 3.90. The predicted octanol–water partition coefficient (Wildman–Crippen LogP) is 3.08. The lowest BCUT2D eigenvalue weighted by Crippen LogP contribution is -2.51. The van der Waals surface area contributed by atoms with Gasteiger partial charge < -0.3 is 14.3 Å². The Labute approximate surface area is 111 Å². The number of hydrogen-bond acceptors (Lipinski definition) is 3. The summed E-state index contributed by atoms with van der Waals surface area (Å²) < 4.78 is 8.49. The fourth-order valence-electron chi connectivity index (χ4n) is 2.99. The fourth-order valence-corrected chi connectivity index (χ4v) is 3.33. The molecule has 18 heavy (non-hydrogen) atoms. The Hall–Kier alpha value is -1.20. The molecule has 0 radical (unpaired) electrons. The van der Waals surface area contributed by atoms with Crippen molar-refractivity contribution >= 4 is 23.3 Å². The van der Waals surface area contributed by atoms with Crippen molar-refractivity contribution in [2.75, 3.05) is 7.11 Å². The van der Waals surface area contributed by atoms with E-state index in [1.165, 1.54) is 0 Å². The van der Waals surface area contributed by atoms with Crippen LogP contribution in [0.2, 0.25) is 0 Å². The summed E-state index contributed by atoms with van der Waals surface area (Å²) in [5, 5.41) is 0. The summed E-state index contributed by atoms with van der Waals surface area (Å²) in [6.07, 6.45) is 4.94. The van der Waals surface area contributed by atoms with Crippen molar-refractivity contribution in [3.63, 3.8) is 0 Å². The molecule has 96 valence electrons. The second-order valence-electron chi connectivity index (χ2n) is 5.49. The molecule has 2 aromatic rings. The number of nitrogens with one attached hydrogen (secondary N) is 1. The van der Waals surface area contributed by atoms with Gasteiger partial charge in [-0.1, -0.05) is 13.8 Å². The average Bonchev–Trinajstić information content (AvgIpc) is 2.65. The number of pyridine rings is 1. The van der Waals surface area contributed by atoms with Crippen LogP contribution >= 0.6 is 12.2 Å². The Kier molecular flexibility index (Phi) is 2.57. The van der Waals surface area contributed by atoms with Gasteiger partial charge in [0, 0.05) is 24.8 Å². The summed E-state index contributed by atoms with van der Waals surface area (Å²) >= 11 is 5.45. The van der Waals surface area contributed by atoms with Crippen LogP contribution in [-0.2, 0) is 4.74 Å². The molecule has 0 saturated heterocycles. The van der Waals surface area contributed by atoms with Gasteiger partial charge in [-0.15, -0.1) is 0 Å². The first kappa shape index (κ1) is 11.9. The third-order valence-corrected chi connectivity index (χ3v) is 4.54. The van der Waals surface area contributed by atoms with Crippen LogP contribution in [-0.4, -0.2) is 27.7 Å². The highest BCUT2D eigenvalue weighted by atomic mass is 32.1. The minimum Gasteiger partial charge on any atom is -0.381 e. The molecule has 5 heteroatoms. The zero-order valence-corrected chi connectivity index (χ0v) is 11.6. The third-order valence-electron chi connectivity index (χ3n) is 4.24. The molecule has 1 N–H and O–H groups in total. The van der Waals surface area contributed by atoms with Crippen molar-refractivity contribution in [2.24, 2.45) is 5.41 Å². The van der Waals surface area contributed by atoms with E-state index in [4.69, 9.17) is 17.0 Å². The van der Waals surface area contributed by atoms with Crippen LogP contribution in [0.1, 0.15) is 26.3 Å². The van der Waals surface area contributed by atoms with E-state index in [1.807, 2.05) is 12.3 Å². The predicted molar refractivity (Wildman–Crippen MR) is 73.1 cm³/mol. The minimum absolute atomic E-state index is 0.103. The highest BCUT2D eigenvalue weighted by Crippen LogP contribution is 2.51. The standard InChI is InChI=1S/C13H17N3OS/c1-13(2)10(6-11(13)17-3)16-9-4-5-14-7-8(9)15-12(16)18/h4-5,7,10-11H,6H2,1-3H3,(H,15,18). The Morgan fingerprint density at radius 1 is 1.56 bits per heavy atom. The molecule has 1 saturated carbocycles. The third kappa shape index (κ3) is 1.47. The van der Waals surface area contributed by atoms with E-state index >= 15 is 0 Å². The van der Waals surface area contributed by atoms with Crippen LogP contribution in [0.15, 0.2) is 18.5 Å². The van der Waals surface area contributed by atoms with Gasteiger partial charge in [0.1, 0.15) is 0 Å². The van der Waals surface area contributed by atoms with Gasteiger partial charge in [-0.3, -0.25) is 4.98 Å². The van der Waals surface area contributed by atoms with Gasteiger partial charge in [0.15, 0.2) is 4.77 Å². The molecule has 4 nitrogen and oxygen atoms in total. The number of hydrogen-bond donors (Lipinski definition) is 1. The molecule has 2 heterocycles. The summed E-state index contributed by atoms with van der Waals surface area (Å²) in [7, 11) is 1.78. The van der Waals surface area contributed by atoms with Crippen LogP contribution in [0.3, 0.4) is 0 Å². The largest absolute Gasteiger partial charge is 0.381 e. The highest BCUT2D eigenvalue weighted by Gasteiger charge is 2.50. The topological polar surface area (TPSA) is 42.8 Å². The van der Waals surface area contributed by atoms with Crippen molar-refractivity contribution in [2.45, 2.75) is 32.4 Å². The number of aromatic amines is 1. The number of rotatable bonds is 2. The van der Waals surface area contributed by atoms with E-state index in [1.54, 1.807) is 13.3 Å². The van der Waals surface area contributed by atoms with E-state index in [0.717, 1.165) is 22.2 Å². The fraction of sp³-hybridized carbons (Fsp3) is 0.538. The molecule has 1 fully saturated rings. The highest BCUT2D eigenvalue weighted by molar-refractivity contribution is 7.71.